The van der Waals surface area contributed by atoms with Crippen molar-refractivity contribution >= 4 is 24.2 Å². The molecular formula is C19H30ClN3O3. The number of unbranched alkanes of at least 4 members (excludes halogenated alkanes) is 3. The minimum atomic E-state index is -0.380. The predicted molar refractivity (Wildman–Crippen MR) is 104 cm³/mol. The summed E-state index contributed by atoms with van der Waals surface area (Å²) >= 11 is 0. The fraction of sp³-hybridized carbons (Fsp3) is 0.579. The standard InChI is InChI=1S/C19H29N3O3.ClH/c1-25-16-9-7-15(8-10-16)14-22-13-11-17(19(22)24)21-18(23)6-4-2-3-5-12-20;/h7-10,17H,2-6,11-14,20H2,1H3,(H,21,23);1H. The first-order valence-electron chi connectivity index (χ1n) is 9.05. The number of nitrogens with one attached hydrogen (secondary N) is 1. The van der Waals surface area contributed by atoms with Gasteiger partial charge < -0.3 is 20.7 Å². The van der Waals surface area contributed by atoms with E-state index < -0.39 is 0 Å². The number of carbonyl (C=O) groups is 2. The van der Waals surface area contributed by atoms with E-state index in [1.54, 1.807) is 12.0 Å². The van der Waals surface area contributed by atoms with Crippen LogP contribution in [0.25, 0.3) is 0 Å². The summed E-state index contributed by atoms with van der Waals surface area (Å²) in [5.74, 6) is 0.776. The van der Waals surface area contributed by atoms with Crippen molar-refractivity contribution in [2.45, 2.75) is 51.1 Å². The molecule has 7 heteroatoms. The fourth-order valence-electron chi connectivity index (χ4n) is 3.03. The van der Waals surface area contributed by atoms with Crippen molar-refractivity contribution in [3.05, 3.63) is 29.8 Å². The lowest BCUT2D eigenvalue weighted by molar-refractivity contribution is -0.133. The van der Waals surface area contributed by atoms with E-state index in [9.17, 15) is 9.59 Å². The lowest BCUT2D eigenvalue weighted by atomic mass is 10.1. The van der Waals surface area contributed by atoms with Gasteiger partial charge in [-0.15, -0.1) is 12.4 Å². The Balaban J connectivity index is 0.00000338. The average molecular weight is 384 g/mol. The molecule has 1 fully saturated rings. The van der Waals surface area contributed by atoms with E-state index in [2.05, 4.69) is 5.32 Å². The van der Waals surface area contributed by atoms with Crippen molar-refractivity contribution in [2.24, 2.45) is 5.73 Å². The van der Waals surface area contributed by atoms with Crippen LogP contribution in [-0.2, 0) is 16.1 Å². The van der Waals surface area contributed by atoms with E-state index in [-0.39, 0.29) is 30.3 Å². The maximum atomic E-state index is 12.5. The molecule has 0 saturated carbocycles. The summed E-state index contributed by atoms with van der Waals surface area (Å²) in [6.45, 7) is 1.94. The molecule has 2 amide bonds. The summed E-state index contributed by atoms with van der Waals surface area (Å²) in [7, 11) is 1.63. The third kappa shape index (κ3) is 6.84. The van der Waals surface area contributed by atoms with Crippen LogP contribution in [0.15, 0.2) is 24.3 Å². The zero-order chi connectivity index (χ0) is 18.1. The van der Waals surface area contributed by atoms with Crippen LogP contribution in [-0.4, -0.2) is 43.0 Å². The molecule has 1 atom stereocenters. The van der Waals surface area contributed by atoms with E-state index in [0.717, 1.165) is 37.0 Å². The second kappa shape index (κ2) is 11.8. The Kier molecular flexibility index (Phi) is 10.1. The van der Waals surface area contributed by atoms with Crippen LogP contribution in [0.4, 0.5) is 0 Å². The first-order chi connectivity index (χ1) is 12.1. The van der Waals surface area contributed by atoms with Gasteiger partial charge in [0, 0.05) is 19.5 Å². The van der Waals surface area contributed by atoms with Crippen LogP contribution in [0.5, 0.6) is 5.75 Å². The quantitative estimate of drug-likeness (QED) is 0.607. The molecule has 1 aromatic rings. The van der Waals surface area contributed by atoms with Crippen molar-refractivity contribution in [1.82, 2.24) is 10.2 Å². The monoisotopic (exact) mass is 383 g/mol. The number of amides is 2. The summed E-state index contributed by atoms with van der Waals surface area (Å²) in [6, 6.07) is 7.31. The molecule has 26 heavy (non-hydrogen) atoms. The summed E-state index contributed by atoms with van der Waals surface area (Å²) in [5.41, 5.74) is 6.51. The zero-order valence-corrected chi connectivity index (χ0v) is 16.2. The molecule has 1 aliphatic rings. The molecule has 0 bridgehead atoms. The number of hydrogen-bond acceptors (Lipinski definition) is 4. The number of ether oxygens (including phenoxy) is 1. The van der Waals surface area contributed by atoms with E-state index in [4.69, 9.17) is 10.5 Å². The van der Waals surface area contributed by atoms with Gasteiger partial charge >= 0.3 is 0 Å². The predicted octanol–water partition coefficient (Wildman–Crippen LogP) is 2.24. The normalized spacial score (nSPS) is 16.3. The maximum absolute atomic E-state index is 12.5. The van der Waals surface area contributed by atoms with Crippen LogP contribution >= 0.6 is 12.4 Å². The number of carbonyl (C=O) groups excluding carboxylic acids is 2. The number of hydrogen-bond donors (Lipinski definition) is 2. The highest BCUT2D eigenvalue weighted by atomic mass is 35.5. The number of rotatable bonds is 10. The van der Waals surface area contributed by atoms with Crippen molar-refractivity contribution in [3.63, 3.8) is 0 Å². The Morgan fingerprint density at radius 1 is 1.23 bits per heavy atom. The van der Waals surface area contributed by atoms with Gasteiger partial charge in [0.15, 0.2) is 0 Å². The Morgan fingerprint density at radius 2 is 1.92 bits per heavy atom. The average Bonchev–Trinajstić information content (AvgIpc) is 2.95. The Labute approximate surface area is 161 Å². The van der Waals surface area contributed by atoms with Crippen LogP contribution in [0.2, 0.25) is 0 Å². The molecule has 146 valence electrons. The third-order valence-electron chi connectivity index (χ3n) is 4.52. The van der Waals surface area contributed by atoms with Gasteiger partial charge in [0.1, 0.15) is 11.8 Å². The third-order valence-corrected chi connectivity index (χ3v) is 4.52. The van der Waals surface area contributed by atoms with Gasteiger partial charge in [-0.3, -0.25) is 9.59 Å². The van der Waals surface area contributed by atoms with Crippen LogP contribution in [0.3, 0.4) is 0 Å². The molecule has 1 saturated heterocycles. The minimum Gasteiger partial charge on any atom is -0.497 e. The topological polar surface area (TPSA) is 84.7 Å². The second-order valence-corrected chi connectivity index (χ2v) is 6.47. The first-order valence-corrected chi connectivity index (χ1v) is 9.05. The Morgan fingerprint density at radius 3 is 2.58 bits per heavy atom. The summed E-state index contributed by atoms with van der Waals surface area (Å²) in [6.07, 6.45) is 5.07. The number of likely N-dealkylation sites (tertiary alicyclic amines) is 1. The van der Waals surface area contributed by atoms with Crippen molar-refractivity contribution in [3.8, 4) is 5.75 Å². The molecule has 0 spiro atoms. The van der Waals surface area contributed by atoms with E-state index in [0.29, 0.717) is 32.5 Å². The lowest BCUT2D eigenvalue weighted by Crippen LogP contribution is -2.41. The Hall–Kier alpha value is -1.79. The van der Waals surface area contributed by atoms with Crippen LogP contribution < -0.4 is 15.8 Å². The molecule has 0 aliphatic carbocycles. The SMILES string of the molecule is COc1ccc(CN2CCC(NC(=O)CCCCCCN)C2=O)cc1.Cl. The van der Waals surface area contributed by atoms with Crippen molar-refractivity contribution < 1.29 is 14.3 Å². The summed E-state index contributed by atoms with van der Waals surface area (Å²) < 4.78 is 5.14. The number of halogens is 1. The summed E-state index contributed by atoms with van der Waals surface area (Å²) in [5, 5.41) is 2.88. The molecule has 1 aliphatic heterocycles. The van der Waals surface area contributed by atoms with Gasteiger partial charge in [0.25, 0.3) is 0 Å². The highest BCUT2D eigenvalue weighted by molar-refractivity contribution is 5.89. The molecule has 2 rings (SSSR count). The van der Waals surface area contributed by atoms with Gasteiger partial charge in [0.2, 0.25) is 11.8 Å². The molecule has 1 heterocycles. The molecule has 0 radical (unpaired) electrons. The number of methoxy groups -OCH3 is 1. The largest absolute Gasteiger partial charge is 0.497 e. The Bertz CT molecular complexity index is 566. The summed E-state index contributed by atoms with van der Waals surface area (Å²) in [4.78, 5) is 26.2. The zero-order valence-electron chi connectivity index (χ0n) is 15.4. The highest BCUT2D eigenvalue weighted by Crippen LogP contribution is 2.18. The van der Waals surface area contributed by atoms with Gasteiger partial charge in [0.05, 0.1) is 7.11 Å². The van der Waals surface area contributed by atoms with E-state index in [1.165, 1.54) is 0 Å². The van der Waals surface area contributed by atoms with Crippen molar-refractivity contribution in [2.75, 3.05) is 20.2 Å². The first kappa shape index (κ1) is 22.3. The highest BCUT2D eigenvalue weighted by Gasteiger charge is 2.32. The van der Waals surface area contributed by atoms with E-state index >= 15 is 0 Å². The molecule has 3 N–H and O–H groups in total. The molecular weight excluding hydrogens is 354 g/mol. The molecule has 6 nitrogen and oxygen atoms in total. The minimum absolute atomic E-state index is 0. The van der Waals surface area contributed by atoms with Gasteiger partial charge in [-0.25, -0.2) is 0 Å². The smallest absolute Gasteiger partial charge is 0.245 e. The fourth-order valence-corrected chi connectivity index (χ4v) is 3.03. The molecule has 1 unspecified atom stereocenters. The van der Waals surface area contributed by atoms with Crippen molar-refractivity contribution in [1.29, 1.82) is 0 Å². The number of nitrogens with two attached hydrogens (primary N) is 1. The maximum Gasteiger partial charge on any atom is 0.245 e. The lowest BCUT2D eigenvalue weighted by Gasteiger charge is -2.17. The van der Waals surface area contributed by atoms with Crippen LogP contribution in [0.1, 0.15) is 44.1 Å². The molecule has 1 aromatic carbocycles. The second-order valence-electron chi connectivity index (χ2n) is 6.47. The van der Waals surface area contributed by atoms with Gasteiger partial charge in [-0.1, -0.05) is 25.0 Å². The van der Waals surface area contributed by atoms with E-state index in [1.807, 2.05) is 24.3 Å². The number of benzene rings is 1. The van der Waals surface area contributed by atoms with Crippen LogP contribution in [0, 0.1) is 0 Å². The molecule has 0 aromatic heterocycles. The van der Waals surface area contributed by atoms with Gasteiger partial charge in [-0.2, -0.15) is 0 Å². The number of nitrogens with zero attached hydrogens (tertiary/aromatic N) is 1. The van der Waals surface area contributed by atoms with Gasteiger partial charge in [-0.05, 0) is 43.5 Å².